The number of hydrogen-bond acceptors (Lipinski definition) is 8. The zero-order chi connectivity index (χ0) is 28.9. The average Bonchev–Trinajstić information content (AvgIpc) is 3.54. The van der Waals surface area contributed by atoms with Crippen molar-refractivity contribution >= 4 is 45.7 Å². The van der Waals surface area contributed by atoms with Crippen molar-refractivity contribution in [1.29, 1.82) is 0 Å². The molecule has 0 radical (unpaired) electrons. The van der Waals surface area contributed by atoms with Gasteiger partial charge in [-0.3, -0.25) is 14.5 Å². The van der Waals surface area contributed by atoms with Crippen LogP contribution in [0.4, 0.5) is 9.52 Å². The molecule has 41 heavy (non-hydrogen) atoms. The Balaban J connectivity index is 1.53. The highest BCUT2D eigenvalue weighted by Crippen LogP contribution is 2.44. The Morgan fingerprint density at radius 1 is 1.05 bits per heavy atom. The van der Waals surface area contributed by atoms with Gasteiger partial charge in [-0.15, -0.1) is 10.2 Å². The molecule has 4 aromatic rings. The van der Waals surface area contributed by atoms with Gasteiger partial charge >= 0.3 is 5.91 Å². The van der Waals surface area contributed by atoms with Crippen molar-refractivity contribution in [2.45, 2.75) is 36.4 Å². The van der Waals surface area contributed by atoms with Crippen LogP contribution < -0.4 is 9.64 Å². The Morgan fingerprint density at radius 3 is 2.54 bits per heavy atom. The van der Waals surface area contributed by atoms with Crippen LogP contribution in [0.5, 0.6) is 5.75 Å². The smallest absolute Gasteiger partial charge is 0.301 e. The molecular formula is C31H28FN3O4S2. The van der Waals surface area contributed by atoms with Crippen molar-refractivity contribution < 1.29 is 23.8 Å². The Labute approximate surface area is 245 Å². The summed E-state index contributed by atoms with van der Waals surface area (Å²) in [5.41, 5.74) is 1.77. The standard InChI is InChI=1S/C31H28FN3O4S2/c1-19(2)15-16-39-24-10-6-9-22(17-24)26-25(27(36)21-11-13-23(32)14-12-21)28(37)29(38)35(26)30-33-34-31(41-30)40-18-20-7-4-3-5-8-20/h3-14,17,19,26,36H,15-16,18H2,1-2H3/b27-25+. The van der Waals surface area contributed by atoms with Gasteiger partial charge in [0.15, 0.2) is 4.34 Å². The number of thioether (sulfide) groups is 1. The third-order valence-electron chi connectivity index (χ3n) is 6.51. The van der Waals surface area contributed by atoms with Gasteiger partial charge < -0.3 is 9.84 Å². The van der Waals surface area contributed by atoms with E-state index in [2.05, 4.69) is 24.0 Å². The third kappa shape index (κ3) is 6.49. The number of aliphatic hydroxyl groups is 1. The fourth-order valence-corrected chi connectivity index (χ4v) is 6.20. The quantitative estimate of drug-likeness (QED) is 0.0699. The van der Waals surface area contributed by atoms with Crippen LogP contribution in [0.25, 0.3) is 5.76 Å². The van der Waals surface area contributed by atoms with Gasteiger partial charge in [-0.1, -0.05) is 79.4 Å². The molecule has 1 aliphatic heterocycles. The summed E-state index contributed by atoms with van der Waals surface area (Å²) < 4.78 is 20.2. The molecule has 0 spiro atoms. The Morgan fingerprint density at radius 2 is 1.80 bits per heavy atom. The van der Waals surface area contributed by atoms with Crippen molar-refractivity contribution in [2.75, 3.05) is 11.5 Å². The van der Waals surface area contributed by atoms with Crippen LogP contribution in [0.1, 0.15) is 43.0 Å². The number of ketones is 1. The second-order valence-electron chi connectivity index (χ2n) is 9.90. The van der Waals surface area contributed by atoms with Crippen LogP contribution in [0, 0.1) is 11.7 Å². The highest BCUT2D eigenvalue weighted by molar-refractivity contribution is 8.00. The van der Waals surface area contributed by atoms with Gasteiger partial charge in [0.2, 0.25) is 5.13 Å². The number of aliphatic hydroxyl groups excluding tert-OH is 1. The number of carbonyl (C=O) groups is 2. The first-order valence-corrected chi connectivity index (χ1v) is 14.9. The number of Topliss-reactive ketones (excluding diaryl/α,β-unsaturated/α-hetero) is 1. The number of carbonyl (C=O) groups excluding carboxylic acids is 2. The summed E-state index contributed by atoms with van der Waals surface area (Å²) in [6, 6.07) is 21.1. The normalized spacial score (nSPS) is 16.5. The molecule has 3 aromatic carbocycles. The van der Waals surface area contributed by atoms with Crippen LogP contribution in [0.15, 0.2) is 88.8 Å². The number of benzene rings is 3. The van der Waals surface area contributed by atoms with Crippen molar-refractivity contribution in [3.63, 3.8) is 0 Å². The minimum absolute atomic E-state index is 0.116. The average molecular weight is 590 g/mol. The molecule has 0 aliphatic carbocycles. The molecule has 1 N–H and O–H groups in total. The maximum Gasteiger partial charge on any atom is 0.301 e. The molecule has 1 aromatic heterocycles. The summed E-state index contributed by atoms with van der Waals surface area (Å²) in [4.78, 5) is 28.2. The van der Waals surface area contributed by atoms with Gasteiger partial charge in [-0.05, 0) is 59.9 Å². The molecule has 1 aliphatic rings. The van der Waals surface area contributed by atoms with E-state index in [4.69, 9.17) is 4.74 Å². The topological polar surface area (TPSA) is 92.6 Å². The second kappa shape index (κ2) is 12.7. The van der Waals surface area contributed by atoms with Crippen LogP contribution in [-0.4, -0.2) is 33.6 Å². The van der Waals surface area contributed by atoms with Crippen LogP contribution in [0.2, 0.25) is 0 Å². The molecule has 1 unspecified atom stereocenters. The fourth-order valence-electron chi connectivity index (χ4n) is 4.37. The van der Waals surface area contributed by atoms with Gasteiger partial charge in [0, 0.05) is 11.3 Å². The maximum atomic E-state index is 13.6. The molecule has 7 nitrogen and oxygen atoms in total. The van der Waals surface area contributed by atoms with E-state index in [-0.39, 0.29) is 16.3 Å². The fraction of sp³-hybridized carbons (Fsp3) is 0.226. The van der Waals surface area contributed by atoms with Crippen LogP contribution in [0.3, 0.4) is 0 Å². The second-order valence-corrected chi connectivity index (χ2v) is 12.1. The summed E-state index contributed by atoms with van der Waals surface area (Å²) in [6.07, 6.45) is 0.863. The molecule has 10 heteroatoms. The molecule has 5 rings (SSSR count). The number of anilines is 1. The lowest BCUT2D eigenvalue weighted by Gasteiger charge is -2.23. The van der Waals surface area contributed by atoms with Crippen molar-refractivity contribution in [2.24, 2.45) is 5.92 Å². The van der Waals surface area contributed by atoms with Crippen molar-refractivity contribution in [1.82, 2.24) is 10.2 Å². The van der Waals surface area contributed by atoms with E-state index in [1.54, 1.807) is 24.3 Å². The van der Waals surface area contributed by atoms with Gasteiger partial charge in [0.05, 0.1) is 18.2 Å². The zero-order valence-corrected chi connectivity index (χ0v) is 24.1. The predicted octanol–water partition coefficient (Wildman–Crippen LogP) is 7.02. The molecule has 0 bridgehead atoms. The number of aromatic nitrogens is 2. The van der Waals surface area contributed by atoms with E-state index in [0.29, 0.717) is 33.9 Å². The summed E-state index contributed by atoms with van der Waals surface area (Å²) in [5.74, 6) is -0.876. The van der Waals surface area contributed by atoms with E-state index in [9.17, 15) is 19.1 Å². The lowest BCUT2D eigenvalue weighted by molar-refractivity contribution is -0.132. The Kier molecular flexibility index (Phi) is 8.80. The molecule has 0 saturated carbocycles. The summed E-state index contributed by atoms with van der Waals surface area (Å²) in [5, 5.41) is 20.0. The van der Waals surface area contributed by atoms with Crippen molar-refractivity contribution in [3.05, 3.63) is 107 Å². The van der Waals surface area contributed by atoms with Crippen molar-refractivity contribution in [3.8, 4) is 5.75 Å². The zero-order valence-electron chi connectivity index (χ0n) is 22.5. The van der Waals surface area contributed by atoms with Gasteiger partial charge in [-0.2, -0.15) is 0 Å². The number of halogens is 1. The molecule has 1 amide bonds. The van der Waals surface area contributed by atoms with Crippen LogP contribution >= 0.6 is 23.1 Å². The SMILES string of the molecule is CC(C)CCOc1cccc(C2/C(=C(\O)c3ccc(F)cc3)C(=O)C(=O)N2c2nnc(SCc3ccccc3)s2)c1. The van der Waals surface area contributed by atoms with E-state index < -0.39 is 29.3 Å². The number of hydrogen-bond donors (Lipinski definition) is 1. The lowest BCUT2D eigenvalue weighted by atomic mass is 9.95. The highest BCUT2D eigenvalue weighted by atomic mass is 32.2. The summed E-state index contributed by atoms with van der Waals surface area (Å²) >= 11 is 2.67. The Bertz CT molecular complexity index is 1570. The lowest BCUT2D eigenvalue weighted by Crippen LogP contribution is -2.29. The molecular weight excluding hydrogens is 561 g/mol. The maximum absolute atomic E-state index is 13.6. The van der Waals surface area contributed by atoms with E-state index in [1.807, 2.05) is 30.3 Å². The summed E-state index contributed by atoms with van der Waals surface area (Å²) in [6.45, 7) is 4.73. The van der Waals surface area contributed by atoms with E-state index >= 15 is 0 Å². The first-order chi connectivity index (χ1) is 19.8. The number of amides is 1. The molecule has 2 heterocycles. The largest absolute Gasteiger partial charge is 0.507 e. The minimum Gasteiger partial charge on any atom is -0.507 e. The molecule has 1 saturated heterocycles. The predicted molar refractivity (Wildman–Crippen MR) is 158 cm³/mol. The van der Waals surface area contributed by atoms with E-state index in [1.165, 1.54) is 52.3 Å². The van der Waals surface area contributed by atoms with Crippen LogP contribution in [-0.2, 0) is 15.3 Å². The monoisotopic (exact) mass is 589 g/mol. The van der Waals surface area contributed by atoms with Gasteiger partial charge in [0.25, 0.3) is 5.78 Å². The first kappa shape index (κ1) is 28.5. The number of nitrogens with zero attached hydrogens (tertiary/aromatic N) is 3. The van der Waals surface area contributed by atoms with E-state index in [0.717, 1.165) is 12.0 Å². The third-order valence-corrected chi connectivity index (χ3v) is 8.63. The molecule has 210 valence electrons. The highest BCUT2D eigenvalue weighted by Gasteiger charge is 2.48. The molecule has 1 atom stereocenters. The van der Waals surface area contributed by atoms with Gasteiger partial charge in [0.1, 0.15) is 17.3 Å². The summed E-state index contributed by atoms with van der Waals surface area (Å²) in [7, 11) is 0. The first-order valence-electron chi connectivity index (χ1n) is 13.1. The number of rotatable bonds is 10. The van der Waals surface area contributed by atoms with Gasteiger partial charge in [-0.25, -0.2) is 4.39 Å². The minimum atomic E-state index is -0.992. The number of ether oxygens (including phenoxy) is 1. The Hall–Kier alpha value is -4.02. The molecule has 1 fully saturated rings.